The number of aromatic amines is 1. The molecule has 24 heavy (non-hydrogen) atoms. The molecule has 2 atom stereocenters. The number of benzene rings is 2. The number of carbonyl (C=O) groups excluding carboxylic acids is 1. The summed E-state index contributed by atoms with van der Waals surface area (Å²) in [5.74, 6) is -0.667. The minimum absolute atomic E-state index is 0.00314. The molecule has 124 valence electrons. The van der Waals surface area contributed by atoms with E-state index in [0.29, 0.717) is 5.56 Å². The van der Waals surface area contributed by atoms with Crippen molar-refractivity contribution < 1.29 is 14.7 Å². The number of hydrogen-bond donors (Lipinski definition) is 2. The zero-order chi connectivity index (χ0) is 17.7. The van der Waals surface area contributed by atoms with Gasteiger partial charge in [-0.25, -0.2) is 9.78 Å². The smallest absolute Gasteiger partial charge is 0.336 e. The first-order valence-corrected chi connectivity index (χ1v) is 10.5. The molecule has 0 radical (unpaired) electrons. The van der Waals surface area contributed by atoms with Crippen LogP contribution < -0.4 is 0 Å². The summed E-state index contributed by atoms with van der Waals surface area (Å²) in [7, 11) is 3.61. The number of aromatic carboxylic acids is 1. The molecule has 2 unspecified atom stereocenters. The zero-order valence-electron chi connectivity index (χ0n) is 13.3. The van der Waals surface area contributed by atoms with Crippen molar-refractivity contribution >= 4 is 40.0 Å². The van der Waals surface area contributed by atoms with Crippen molar-refractivity contribution in [2.24, 2.45) is 0 Å². The van der Waals surface area contributed by atoms with Gasteiger partial charge in [0.1, 0.15) is 5.82 Å². The Hall–Kier alpha value is -2.09. The minimum atomic E-state index is -1.11. The van der Waals surface area contributed by atoms with Gasteiger partial charge in [-0.05, 0) is 37.9 Å². The van der Waals surface area contributed by atoms with E-state index < -0.39 is 5.97 Å². The van der Waals surface area contributed by atoms with E-state index in [9.17, 15) is 9.59 Å². The number of H-pyrrole nitrogens is 1. The highest BCUT2D eigenvalue weighted by Gasteiger charge is 2.17. The van der Waals surface area contributed by atoms with Crippen LogP contribution in [-0.4, -0.2) is 33.5 Å². The summed E-state index contributed by atoms with van der Waals surface area (Å²) in [5.41, 5.74) is 2.14. The van der Waals surface area contributed by atoms with Crippen LogP contribution in [0.4, 0.5) is 0 Å². The summed E-state index contributed by atoms with van der Waals surface area (Å²) in [6, 6.07) is 11.3. The number of fused-ring (bicyclic) bond motifs is 1. The second-order valence-corrected chi connectivity index (χ2v) is 7.33. The van der Waals surface area contributed by atoms with Crippen LogP contribution in [0.3, 0.4) is 0 Å². The normalized spacial score (nSPS) is 10.6. The molecular formula is C17H18N2O3P2. The first kappa shape index (κ1) is 18.3. The lowest BCUT2D eigenvalue weighted by molar-refractivity contribution is 0.0693. The van der Waals surface area contributed by atoms with Gasteiger partial charge < -0.3 is 10.1 Å². The first-order chi connectivity index (χ1) is 11.5. The number of nitrogens with zero attached hydrogens (tertiary/aromatic N) is 1. The van der Waals surface area contributed by atoms with Crippen molar-refractivity contribution in [3.63, 3.8) is 0 Å². The third kappa shape index (κ3) is 4.05. The number of ketones is 1. The van der Waals surface area contributed by atoms with Gasteiger partial charge in [0.05, 0.1) is 16.6 Å². The summed E-state index contributed by atoms with van der Waals surface area (Å²) in [6.45, 7) is 3.95. The van der Waals surface area contributed by atoms with Crippen molar-refractivity contribution in [1.82, 2.24) is 9.97 Å². The van der Waals surface area contributed by atoms with E-state index in [1.165, 1.54) is 12.1 Å². The maximum Gasteiger partial charge on any atom is 0.336 e. The highest BCUT2D eigenvalue weighted by Crippen LogP contribution is 2.19. The standard InChI is InChI=1S/C16H12N2O3.CH6P2/c1-9-17-13-7-6-10(8-14(13)18-9)15(19)11-4-2-3-5-12(11)16(20)21;1-3-2/h2-8H,1H3,(H,17,18)(H,20,21);3H,2H2,1H3. The molecule has 0 amide bonds. The van der Waals surface area contributed by atoms with E-state index in [-0.39, 0.29) is 16.9 Å². The maximum absolute atomic E-state index is 12.5. The number of nitrogens with one attached hydrogen (secondary N) is 1. The monoisotopic (exact) mass is 360 g/mol. The lowest BCUT2D eigenvalue weighted by atomic mass is 9.98. The second-order valence-electron chi connectivity index (χ2n) is 5.02. The fraction of sp³-hybridized carbons (Fsp3) is 0.118. The van der Waals surface area contributed by atoms with Gasteiger partial charge >= 0.3 is 5.97 Å². The van der Waals surface area contributed by atoms with Gasteiger partial charge in [-0.15, -0.1) is 17.2 Å². The molecule has 3 rings (SSSR count). The lowest BCUT2D eigenvalue weighted by Gasteiger charge is -2.05. The van der Waals surface area contributed by atoms with Crippen LogP contribution in [0.5, 0.6) is 0 Å². The number of rotatable bonds is 3. The molecule has 0 aliphatic carbocycles. The summed E-state index contributed by atoms with van der Waals surface area (Å²) >= 11 is 0. The van der Waals surface area contributed by atoms with Crippen LogP contribution in [0.15, 0.2) is 42.5 Å². The van der Waals surface area contributed by atoms with Gasteiger partial charge in [-0.3, -0.25) is 4.79 Å². The molecule has 3 aromatic rings. The fourth-order valence-corrected chi connectivity index (χ4v) is 2.30. The number of hydrogen-bond acceptors (Lipinski definition) is 3. The summed E-state index contributed by atoms with van der Waals surface area (Å²) in [6.07, 6.45) is 0. The van der Waals surface area contributed by atoms with Crippen molar-refractivity contribution in [3.05, 3.63) is 65.0 Å². The van der Waals surface area contributed by atoms with E-state index >= 15 is 0 Å². The van der Waals surface area contributed by atoms with E-state index in [0.717, 1.165) is 25.1 Å². The summed E-state index contributed by atoms with van der Waals surface area (Å²) < 4.78 is 0. The molecule has 1 heterocycles. The molecule has 0 fully saturated rings. The summed E-state index contributed by atoms with van der Waals surface area (Å²) in [4.78, 5) is 31.1. The fourth-order valence-electron chi connectivity index (χ4n) is 2.30. The molecule has 1 aromatic heterocycles. The molecule has 0 saturated carbocycles. The van der Waals surface area contributed by atoms with Gasteiger partial charge in [-0.1, -0.05) is 18.2 Å². The predicted octanol–water partition coefficient (Wildman–Crippen LogP) is 3.89. The molecule has 2 aromatic carbocycles. The van der Waals surface area contributed by atoms with Gasteiger partial charge in [0.2, 0.25) is 0 Å². The van der Waals surface area contributed by atoms with Crippen molar-refractivity contribution in [2.45, 2.75) is 6.92 Å². The highest BCUT2D eigenvalue weighted by atomic mass is 32.0. The number of carboxylic acid groups (broad SMARTS) is 1. The van der Waals surface area contributed by atoms with Crippen LogP contribution in [0.2, 0.25) is 0 Å². The third-order valence-corrected chi connectivity index (χ3v) is 3.26. The Labute approximate surface area is 143 Å². The van der Waals surface area contributed by atoms with Crippen LogP contribution in [-0.2, 0) is 0 Å². The number of aromatic nitrogens is 2. The third-order valence-electron chi connectivity index (χ3n) is 3.26. The second kappa shape index (κ2) is 8.14. The Morgan fingerprint density at radius 1 is 1.17 bits per heavy atom. The number of aryl methyl sites for hydroxylation is 1. The number of carboxylic acids is 1. The van der Waals surface area contributed by atoms with E-state index in [1.807, 2.05) is 6.92 Å². The quantitative estimate of drug-likeness (QED) is 0.548. The molecule has 0 aliphatic heterocycles. The van der Waals surface area contributed by atoms with Crippen LogP contribution in [0.25, 0.3) is 11.0 Å². The Balaban J connectivity index is 0.000000647. The Kier molecular flexibility index (Phi) is 6.19. The van der Waals surface area contributed by atoms with E-state index in [4.69, 9.17) is 5.11 Å². The molecule has 0 bridgehead atoms. The lowest BCUT2D eigenvalue weighted by Crippen LogP contribution is -2.09. The van der Waals surface area contributed by atoms with Crippen LogP contribution in [0, 0.1) is 6.92 Å². The Morgan fingerprint density at radius 3 is 2.42 bits per heavy atom. The average Bonchev–Trinajstić information content (AvgIpc) is 2.94. The van der Waals surface area contributed by atoms with E-state index in [2.05, 4.69) is 25.6 Å². The Morgan fingerprint density at radius 2 is 1.79 bits per heavy atom. The minimum Gasteiger partial charge on any atom is -0.478 e. The van der Waals surface area contributed by atoms with Crippen molar-refractivity contribution in [1.29, 1.82) is 0 Å². The highest BCUT2D eigenvalue weighted by molar-refractivity contribution is 8.02. The average molecular weight is 360 g/mol. The molecular weight excluding hydrogens is 342 g/mol. The van der Waals surface area contributed by atoms with Crippen molar-refractivity contribution in [3.8, 4) is 0 Å². The van der Waals surface area contributed by atoms with Crippen LogP contribution in [0.1, 0.15) is 32.1 Å². The Bertz CT molecular complexity index is 890. The van der Waals surface area contributed by atoms with Gasteiger partial charge in [0.15, 0.2) is 5.78 Å². The topological polar surface area (TPSA) is 83.1 Å². The zero-order valence-corrected chi connectivity index (χ0v) is 15.5. The molecule has 0 saturated heterocycles. The molecule has 0 spiro atoms. The number of carbonyl (C=O) groups is 2. The van der Waals surface area contributed by atoms with Gasteiger partial charge in [-0.2, -0.15) is 0 Å². The van der Waals surface area contributed by atoms with Gasteiger partial charge in [0, 0.05) is 11.1 Å². The first-order valence-electron chi connectivity index (χ1n) is 7.18. The molecule has 0 aliphatic rings. The van der Waals surface area contributed by atoms with Gasteiger partial charge in [0.25, 0.3) is 0 Å². The van der Waals surface area contributed by atoms with Crippen LogP contribution >= 0.6 is 17.2 Å². The molecule has 2 N–H and O–H groups in total. The number of imidazole rings is 1. The molecule has 7 heteroatoms. The molecule has 5 nitrogen and oxygen atoms in total. The maximum atomic E-state index is 12.5. The van der Waals surface area contributed by atoms with Crippen molar-refractivity contribution in [2.75, 3.05) is 6.66 Å². The SMILES string of the molecule is CPP.Cc1nc2ccc(C(=O)c3ccccc3C(=O)O)cc2[nH]1. The van der Waals surface area contributed by atoms with E-state index in [1.54, 1.807) is 30.3 Å². The largest absolute Gasteiger partial charge is 0.478 e. The predicted molar refractivity (Wildman–Crippen MR) is 102 cm³/mol. The summed E-state index contributed by atoms with van der Waals surface area (Å²) in [5, 5.41) is 9.17.